The van der Waals surface area contributed by atoms with Crippen LogP contribution in [0.4, 0.5) is 0 Å². The molecule has 1 rings (SSSR count). The van der Waals surface area contributed by atoms with Crippen molar-refractivity contribution in [3.8, 4) is 0 Å². The molecule has 1 heterocycles. The summed E-state index contributed by atoms with van der Waals surface area (Å²) in [6.07, 6.45) is -1.31. The second-order valence-electron chi connectivity index (χ2n) is 4.55. The summed E-state index contributed by atoms with van der Waals surface area (Å²) in [5.74, 6) is -0.788. The average Bonchev–Trinajstić information content (AvgIpc) is 2.19. The zero-order valence-corrected chi connectivity index (χ0v) is 10.9. The molecule has 5 atom stereocenters. The van der Waals surface area contributed by atoms with Gasteiger partial charge in [0.2, 0.25) is 0 Å². The SMILES string of the molecule is CC(=O)O[C@@H]1[C@@H](OC(C)=O)[C@@H](C)C(C)O[C@H]1C. The predicted octanol–water partition coefficient (Wildman–Crippen LogP) is 1.29. The van der Waals surface area contributed by atoms with E-state index in [-0.39, 0.29) is 24.1 Å². The lowest BCUT2D eigenvalue weighted by atomic mass is 9.89. The minimum atomic E-state index is -0.539. The first kappa shape index (κ1) is 14.0. The highest BCUT2D eigenvalue weighted by Gasteiger charge is 2.44. The van der Waals surface area contributed by atoms with Gasteiger partial charge in [0, 0.05) is 19.8 Å². The first-order valence-electron chi connectivity index (χ1n) is 5.82. The molecule has 0 radical (unpaired) electrons. The number of hydrogen-bond donors (Lipinski definition) is 0. The van der Waals surface area contributed by atoms with Crippen LogP contribution in [0.5, 0.6) is 0 Å². The van der Waals surface area contributed by atoms with E-state index in [2.05, 4.69) is 0 Å². The molecule has 98 valence electrons. The molecule has 0 spiro atoms. The maximum absolute atomic E-state index is 11.1. The monoisotopic (exact) mass is 244 g/mol. The first-order valence-corrected chi connectivity index (χ1v) is 5.82. The van der Waals surface area contributed by atoms with E-state index in [9.17, 15) is 9.59 Å². The Labute approximate surface area is 101 Å². The van der Waals surface area contributed by atoms with E-state index < -0.39 is 18.2 Å². The number of rotatable bonds is 2. The van der Waals surface area contributed by atoms with Crippen LogP contribution < -0.4 is 0 Å². The Bertz CT molecular complexity index is 301. The van der Waals surface area contributed by atoms with Gasteiger partial charge in [-0.25, -0.2) is 0 Å². The largest absolute Gasteiger partial charge is 0.458 e. The van der Waals surface area contributed by atoms with E-state index in [0.29, 0.717) is 0 Å². The van der Waals surface area contributed by atoms with Crippen LogP contribution >= 0.6 is 0 Å². The molecule has 1 aliphatic heterocycles. The van der Waals surface area contributed by atoms with E-state index in [0.717, 1.165) is 0 Å². The molecule has 1 fully saturated rings. The summed E-state index contributed by atoms with van der Waals surface area (Å²) in [5, 5.41) is 0. The van der Waals surface area contributed by atoms with Crippen molar-refractivity contribution in [3.05, 3.63) is 0 Å². The van der Waals surface area contributed by atoms with Gasteiger partial charge in [0.05, 0.1) is 12.2 Å². The van der Waals surface area contributed by atoms with Crippen LogP contribution in [0, 0.1) is 5.92 Å². The Hall–Kier alpha value is -1.10. The van der Waals surface area contributed by atoms with Gasteiger partial charge in [-0.05, 0) is 13.8 Å². The van der Waals surface area contributed by atoms with E-state index in [4.69, 9.17) is 14.2 Å². The highest BCUT2D eigenvalue weighted by molar-refractivity contribution is 5.67. The van der Waals surface area contributed by atoms with Crippen molar-refractivity contribution in [1.82, 2.24) is 0 Å². The van der Waals surface area contributed by atoms with E-state index in [1.165, 1.54) is 13.8 Å². The summed E-state index contributed by atoms with van der Waals surface area (Å²) in [6, 6.07) is 0. The topological polar surface area (TPSA) is 61.8 Å². The highest BCUT2D eigenvalue weighted by atomic mass is 16.6. The van der Waals surface area contributed by atoms with E-state index in [1.807, 2.05) is 20.8 Å². The van der Waals surface area contributed by atoms with Crippen molar-refractivity contribution in [2.45, 2.75) is 59.0 Å². The Balaban J connectivity index is 2.86. The van der Waals surface area contributed by atoms with E-state index in [1.54, 1.807) is 0 Å². The summed E-state index contributed by atoms with van der Waals surface area (Å²) in [6.45, 7) is 8.33. The van der Waals surface area contributed by atoms with Crippen LogP contribution in [0.25, 0.3) is 0 Å². The number of esters is 2. The van der Waals surface area contributed by atoms with Gasteiger partial charge in [-0.15, -0.1) is 0 Å². The van der Waals surface area contributed by atoms with Crippen LogP contribution in [-0.2, 0) is 23.8 Å². The van der Waals surface area contributed by atoms with Gasteiger partial charge in [-0.1, -0.05) is 6.92 Å². The number of carbonyl (C=O) groups excluding carboxylic acids is 2. The molecule has 5 nitrogen and oxygen atoms in total. The fourth-order valence-corrected chi connectivity index (χ4v) is 2.09. The molecule has 1 saturated heterocycles. The first-order chi connectivity index (χ1) is 7.82. The molecule has 0 aromatic rings. The molecule has 1 aliphatic rings. The lowest BCUT2D eigenvalue weighted by molar-refractivity contribution is -0.216. The Morgan fingerprint density at radius 2 is 1.35 bits per heavy atom. The van der Waals surface area contributed by atoms with Gasteiger partial charge in [0.25, 0.3) is 0 Å². The van der Waals surface area contributed by atoms with Gasteiger partial charge >= 0.3 is 11.9 Å². The molecule has 0 aliphatic carbocycles. The molecule has 17 heavy (non-hydrogen) atoms. The molecule has 0 bridgehead atoms. The number of ether oxygens (including phenoxy) is 3. The third-order valence-electron chi connectivity index (χ3n) is 3.08. The lowest BCUT2D eigenvalue weighted by Gasteiger charge is -2.42. The number of carbonyl (C=O) groups is 2. The van der Waals surface area contributed by atoms with Gasteiger partial charge < -0.3 is 14.2 Å². The quantitative estimate of drug-likeness (QED) is 0.685. The van der Waals surface area contributed by atoms with Crippen LogP contribution in [0.15, 0.2) is 0 Å². The fourth-order valence-electron chi connectivity index (χ4n) is 2.09. The van der Waals surface area contributed by atoms with Crippen molar-refractivity contribution >= 4 is 11.9 Å². The normalized spacial score (nSPS) is 37.4. The van der Waals surface area contributed by atoms with Crippen molar-refractivity contribution in [1.29, 1.82) is 0 Å². The zero-order chi connectivity index (χ0) is 13.2. The van der Waals surface area contributed by atoms with Gasteiger partial charge in [-0.2, -0.15) is 0 Å². The molecular weight excluding hydrogens is 224 g/mol. The molecule has 0 N–H and O–H groups in total. The van der Waals surface area contributed by atoms with E-state index >= 15 is 0 Å². The maximum Gasteiger partial charge on any atom is 0.303 e. The Morgan fingerprint density at radius 3 is 1.82 bits per heavy atom. The summed E-state index contributed by atoms with van der Waals surface area (Å²) in [5.41, 5.74) is 0. The second kappa shape index (κ2) is 5.49. The van der Waals surface area contributed by atoms with Crippen LogP contribution in [0.3, 0.4) is 0 Å². The molecule has 0 amide bonds. The minimum Gasteiger partial charge on any atom is -0.458 e. The zero-order valence-electron chi connectivity index (χ0n) is 10.9. The Morgan fingerprint density at radius 1 is 0.882 bits per heavy atom. The van der Waals surface area contributed by atoms with Crippen LogP contribution in [0.2, 0.25) is 0 Å². The summed E-state index contributed by atoms with van der Waals surface area (Å²) >= 11 is 0. The van der Waals surface area contributed by atoms with Crippen molar-refractivity contribution < 1.29 is 23.8 Å². The molecule has 1 unspecified atom stereocenters. The average molecular weight is 244 g/mol. The lowest BCUT2D eigenvalue weighted by Crippen LogP contribution is -2.54. The molecule has 0 saturated carbocycles. The standard InChI is InChI=1S/C12H20O5/c1-6-7(2)15-8(3)12(17-10(5)14)11(6)16-9(4)13/h6-8,11-12H,1-5H3/t6-,7?,8-,11-,12-/m0/s1. The van der Waals surface area contributed by atoms with Crippen LogP contribution in [-0.4, -0.2) is 36.4 Å². The second-order valence-corrected chi connectivity index (χ2v) is 4.55. The molecule has 0 aromatic heterocycles. The summed E-state index contributed by atoms with van der Waals surface area (Å²) < 4.78 is 16.1. The molecule has 0 aromatic carbocycles. The van der Waals surface area contributed by atoms with Crippen LogP contribution in [0.1, 0.15) is 34.6 Å². The molecular formula is C12H20O5. The summed E-state index contributed by atoms with van der Waals surface area (Å²) in [4.78, 5) is 22.2. The third-order valence-corrected chi connectivity index (χ3v) is 3.08. The Kier molecular flexibility index (Phi) is 4.51. The number of hydrogen-bond acceptors (Lipinski definition) is 5. The summed E-state index contributed by atoms with van der Waals surface area (Å²) in [7, 11) is 0. The fraction of sp³-hybridized carbons (Fsp3) is 0.833. The van der Waals surface area contributed by atoms with Crippen molar-refractivity contribution in [2.24, 2.45) is 5.92 Å². The van der Waals surface area contributed by atoms with Gasteiger partial charge in [-0.3, -0.25) is 9.59 Å². The maximum atomic E-state index is 11.1. The smallest absolute Gasteiger partial charge is 0.303 e. The predicted molar refractivity (Wildman–Crippen MR) is 60.3 cm³/mol. The van der Waals surface area contributed by atoms with Crippen molar-refractivity contribution in [3.63, 3.8) is 0 Å². The van der Waals surface area contributed by atoms with Gasteiger partial charge in [0.15, 0.2) is 6.10 Å². The third kappa shape index (κ3) is 3.43. The highest BCUT2D eigenvalue weighted by Crippen LogP contribution is 2.30. The van der Waals surface area contributed by atoms with Crippen molar-refractivity contribution in [2.75, 3.05) is 0 Å². The molecule has 5 heteroatoms. The minimum absolute atomic E-state index is 0.0144. The van der Waals surface area contributed by atoms with Gasteiger partial charge in [0.1, 0.15) is 6.10 Å².